The molecule has 1 atom stereocenters. The van der Waals surface area contributed by atoms with Crippen LogP contribution in [0.3, 0.4) is 0 Å². The van der Waals surface area contributed by atoms with Gasteiger partial charge in [-0.1, -0.05) is 12.1 Å². The van der Waals surface area contributed by atoms with E-state index in [0.29, 0.717) is 35.4 Å². The minimum absolute atomic E-state index is 0.0940. The normalized spacial score (nSPS) is 14.4. The van der Waals surface area contributed by atoms with Crippen LogP contribution in [0.2, 0.25) is 0 Å². The van der Waals surface area contributed by atoms with E-state index in [0.717, 1.165) is 21.1 Å². The Hall–Kier alpha value is -5.33. The Balaban J connectivity index is 1.25. The number of benzene rings is 2. The Labute approximate surface area is 225 Å². The van der Waals surface area contributed by atoms with Crippen molar-refractivity contribution in [2.75, 3.05) is 0 Å². The second-order valence-electron chi connectivity index (χ2n) is 9.58. The summed E-state index contributed by atoms with van der Waals surface area (Å²) >= 11 is 0. The van der Waals surface area contributed by atoms with Crippen molar-refractivity contribution in [1.82, 2.24) is 35.2 Å². The van der Waals surface area contributed by atoms with Gasteiger partial charge in [0.1, 0.15) is 16.9 Å². The van der Waals surface area contributed by atoms with Gasteiger partial charge < -0.3 is 20.2 Å². The van der Waals surface area contributed by atoms with Gasteiger partial charge >= 0.3 is 11.7 Å². The number of H-pyrrole nitrogens is 1. The maximum Gasteiger partial charge on any atom is 0.349 e. The molecule has 6 rings (SSSR count). The zero-order chi connectivity index (χ0) is 28.1. The molecule has 0 radical (unpaired) electrons. The fraction of sp³-hybridized carbons (Fsp3) is 0.222. The lowest BCUT2D eigenvalue weighted by Gasteiger charge is -2.15. The number of aromatic nitrogens is 5. The molecule has 2 amide bonds. The molecule has 13 nitrogen and oxygen atoms in total. The van der Waals surface area contributed by atoms with Crippen LogP contribution in [0.25, 0.3) is 16.9 Å². The van der Waals surface area contributed by atoms with Gasteiger partial charge in [-0.2, -0.15) is 0 Å². The molecule has 0 unspecified atom stereocenters. The third-order valence-corrected chi connectivity index (χ3v) is 7.10. The van der Waals surface area contributed by atoms with Crippen molar-refractivity contribution in [1.29, 1.82) is 0 Å². The summed E-state index contributed by atoms with van der Waals surface area (Å²) in [5.41, 5.74) is 3.81. The highest BCUT2D eigenvalue weighted by atomic mass is 16.4. The standard InChI is InChI=1S/C27H23N7O6/c1-12-15-6-7-18(17(15)5-4-16(12)25(37)38)30-23(35)20-10-21(34-26(31-20)32-33-27(34)39)24(36)28-11-14-3-8-22-19(9-14)29-13(2)40-22/h3-5,8-10,18H,6-7,11H2,1-2H3,(H,28,36)(H,30,35)(H,33,39)(H,37,38)/t18-/m0/s1. The summed E-state index contributed by atoms with van der Waals surface area (Å²) in [6, 6.07) is 9.46. The molecule has 13 heteroatoms. The van der Waals surface area contributed by atoms with Crippen LogP contribution in [-0.2, 0) is 13.0 Å². The van der Waals surface area contributed by atoms with Gasteiger partial charge in [0.05, 0.1) is 11.6 Å². The van der Waals surface area contributed by atoms with Crippen LogP contribution in [-0.4, -0.2) is 47.5 Å². The number of amides is 2. The first-order valence-electron chi connectivity index (χ1n) is 12.5. The van der Waals surface area contributed by atoms with Crippen LogP contribution >= 0.6 is 0 Å². The van der Waals surface area contributed by atoms with Crippen LogP contribution in [0.5, 0.6) is 0 Å². The highest BCUT2D eigenvalue weighted by molar-refractivity contribution is 5.98. The minimum atomic E-state index is -1.00. The number of carbonyl (C=O) groups is 3. The highest BCUT2D eigenvalue weighted by Crippen LogP contribution is 2.34. The number of nitrogens with one attached hydrogen (secondary N) is 3. The van der Waals surface area contributed by atoms with Gasteiger partial charge in [0.2, 0.25) is 0 Å². The summed E-state index contributed by atoms with van der Waals surface area (Å²) in [6.45, 7) is 3.64. The summed E-state index contributed by atoms with van der Waals surface area (Å²) in [7, 11) is 0. The Morgan fingerprint density at radius 2 is 1.95 bits per heavy atom. The smallest absolute Gasteiger partial charge is 0.349 e. The van der Waals surface area contributed by atoms with Crippen molar-refractivity contribution < 1.29 is 23.9 Å². The van der Waals surface area contributed by atoms with Crippen molar-refractivity contribution in [3.63, 3.8) is 0 Å². The third-order valence-electron chi connectivity index (χ3n) is 7.10. The lowest BCUT2D eigenvalue weighted by Crippen LogP contribution is -2.31. The molecule has 5 aromatic rings. The second-order valence-corrected chi connectivity index (χ2v) is 9.58. The Bertz CT molecular complexity index is 1920. The van der Waals surface area contributed by atoms with E-state index in [1.165, 1.54) is 12.1 Å². The summed E-state index contributed by atoms with van der Waals surface area (Å²) in [5.74, 6) is -1.77. The number of hydrogen-bond acceptors (Lipinski definition) is 8. The van der Waals surface area contributed by atoms with Gasteiger partial charge in [0.25, 0.3) is 17.6 Å². The van der Waals surface area contributed by atoms with Gasteiger partial charge in [-0.05, 0) is 66.3 Å². The van der Waals surface area contributed by atoms with Crippen LogP contribution in [0.15, 0.2) is 45.6 Å². The molecule has 40 heavy (non-hydrogen) atoms. The number of hydrogen-bond donors (Lipinski definition) is 4. The molecule has 1 aliphatic carbocycles. The summed E-state index contributed by atoms with van der Waals surface area (Å²) in [5, 5.41) is 21.2. The summed E-state index contributed by atoms with van der Waals surface area (Å²) < 4.78 is 6.48. The lowest BCUT2D eigenvalue weighted by molar-refractivity contribution is 0.0695. The van der Waals surface area contributed by atoms with Gasteiger partial charge in [-0.25, -0.2) is 29.1 Å². The number of oxazole rings is 1. The van der Waals surface area contributed by atoms with E-state index in [4.69, 9.17) is 4.42 Å². The molecule has 0 fully saturated rings. The molecular formula is C27H23N7O6. The molecule has 3 heterocycles. The SMILES string of the molecule is Cc1nc2cc(CNC(=O)c3cc(C(=O)N[C@H]4CCc5c4ccc(C(=O)O)c5C)nc4n[nH]c(=O)n34)ccc2o1. The maximum atomic E-state index is 13.3. The van der Waals surface area contributed by atoms with E-state index in [1.807, 2.05) is 0 Å². The quantitative estimate of drug-likeness (QED) is 0.250. The zero-order valence-corrected chi connectivity index (χ0v) is 21.4. The number of carboxylic acids is 1. The predicted molar refractivity (Wildman–Crippen MR) is 140 cm³/mol. The van der Waals surface area contributed by atoms with Gasteiger partial charge in [0.15, 0.2) is 11.5 Å². The molecule has 0 saturated carbocycles. The topological polar surface area (TPSA) is 185 Å². The molecule has 4 N–H and O–H groups in total. The minimum Gasteiger partial charge on any atom is -0.478 e. The molecule has 2 aromatic carbocycles. The maximum absolute atomic E-state index is 13.3. The Kier molecular flexibility index (Phi) is 5.90. The number of fused-ring (bicyclic) bond motifs is 3. The molecule has 0 saturated heterocycles. The largest absolute Gasteiger partial charge is 0.478 e. The number of carbonyl (C=O) groups excluding carboxylic acids is 2. The van der Waals surface area contributed by atoms with Gasteiger partial charge in [-0.15, -0.1) is 5.10 Å². The predicted octanol–water partition coefficient (Wildman–Crippen LogP) is 2.22. The van der Waals surface area contributed by atoms with Crippen molar-refractivity contribution in [3.8, 4) is 0 Å². The van der Waals surface area contributed by atoms with Gasteiger partial charge in [0, 0.05) is 13.5 Å². The van der Waals surface area contributed by atoms with E-state index in [-0.39, 0.29) is 35.3 Å². The van der Waals surface area contributed by atoms with Gasteiger partial charge in [-0.3, -0.25) is 9.59 Å². The van der Waals surface area contributed by atoms with Crippen LogP contribution in [0.4, 0.5) is 0 Å². The molecular weight excluding hydrogens is 518 g/mol. The fourth-order valence-corrected chi connectivity index (χ4v) is 5.16. The number of carboxylic acid groups (broad SMARTS) is 1. The number of aryl methyl sites for hydroxylation is 1. The second kappa shape index (κ2) is 9.45. The first-order chi connectivity index (χ1) is 19.2. The monoisotopic (exact) mass is 541 g/mol. The van der Waals surface area contributed by atoms with E-state index < -0.39 is 23.5 Å². The first-order valence-corrected chi connectivity index (χ1v) is 12.5. The first kappa shape index (κ1) is 25.0. The lowest BCUT2D eigenvalue weighted by atomic mass is 9.98. The molecule has 3 aromatic heterocycles. The van der Waals surface area contributed by atoms with Crippen molar-refractivity contribution in [3.05, 3.63) is 92.0 Å². The number of rotatable bonds is 6. The number of nitrogens with zero attached hydrogens (tertiary/aromatic N) is 4. The Morgan fingerprint density at radius 3 is 2.75 bits per heavy atom. The van der Waals surface area contributed by atoms with Crippen LogP contribution < -0.4 is 16.3 Å². The molecule has 202 valence electrons. The average molecular weight is 542 g/mol. The third kappa shape index (κ3) is 4.26. The number of aromatic carboxylic acids is 1. The Morgan fingerprint density at radius 1 is 1.12 bits per heavy atom. The fourth-order valence-electron chi connectivity index (χ4n) is 5.16. The van der Waals surface area contributed by atoms with Crippen LogP contribution in [0, 0.1) is 13.8 Å². The summed E-state index contributed by atoms with van der Waals surface area (Å²) in [4.78, 5) is 58.8. The van der Waals surface area contributed by atoms with Crippen LogP contribution in [0.1, 0.15) is 71.9 Å². The van der Waals surface area contributed by atoms with Crippen molar-refractivity contribution in [2.24, 2.45) is 0 Å². The molecule has 0 bridgehead atoms. The number of aromatic amines is 1. The van der Waals surface area contributed by atoms with E-state index in [1.54, 1.807) is 38.1 Å². The molecule has 0 spiro atoms. The van der Waals surface area contributed by atoms with Crippen molar-refractivity contribution in [2.45, 2.75) is 39.3 Å². The molecule has 0 aliphatic heterocycles. The molecule has 1 aliphatic rings. The van der Waals surface area contributed by atoms with E-state index in [9.17, 15) is 24.3 Å². The van der Waals surface area contributed by atoms with E-state index in [2.05, 4.69) is 30.8 Å². The highest BCUT2D eigenvalue weighted by Gasteiger charge is 2.29. The zero-order valence-electron chi connectivity index (χ0n) is 21.4. The summed E-state index contributed by atoms with van der Waals surface area (Å²) in [6.07, 6.45) is 1.19. The average Bonchev–Trinajstić information content (AvgIpc) is 3.62. The van der Waals surface area contributed by atoms with Crippen molar-refractivity contribution >= 4 is 34.7 Å². The van der Waals surface area contributed by atoms with E-state index >= 15 is 0 Å².